The molecule has 2 saturated carbocycles. The van der Waals surface area contributed by atoms with Gasteiger partial charge in [0, 0.05) is 6.61 Å². The molecule has 2 rings (SSSR count). The van der Waals surface area contributed by atoms with Gasteiger partial charge in [-0.15, -0.1) is 0 Å². The van der Waals surface area contributed by atoms with Crippen molar-refractivity contribution < 1.29 is 18.3 Å². The lowest BCUT2D eigenvalue weighted by Crippen LogP contribution is -2.41. The highest BCUT2D eigenvalue weighted by Gasteiger charge is 2.45. The van der Waals surface area contributed by atoms with E-state index in [1.165, 1.54) is 0 Å². The minimum absolute atomic E-state index is 0.207. The zero-order valence-electron chi connectivity index (χ0n) is 13.6. The van der Waals surface area contributed by atoms with Gasteiger partial charge >= 0.3 is 6.11 Å². The van der Waals surface area contributed by atoms with Crippen molar-refractivity contribution >= 4 is 0 Å². The number of alkyl halides is 2. The Bertz CT molecular complexity index is 314. The smallest absolute Gasteiger partial charge is 0.358 e. The normalized spacial score (nSPS) is 38.4. The summed E-state index contributed by atoms with van der Waals surface area (Å²) in [5.74, 6) is 0.290. The molecular formula is C17H30F2O2. The Morgan fingerprint density at radius 2 is 1.67 bits per heavy atom. The van der Waals surface area contributed by atoms with Gasteiger partial charge in [-0.2, -0.15) is 8.78 Å². The monoisotopic (exact) mass is 304 g/mol. The molecule has 0 N–H and O–H groups in total. The van der Waals surface area contributed by atoms with E-state index in [-0.39, 0.29) is 12.2 Å². The lowest BCUT2D eigenvalue weighted by Gasteiger charge is -2.38. The van der Waals surface area contributed by atoms with Crippen molar-refractivity contribution in [2.45, 2.75) is 84.0 Å². The highest BCUT2D eigenvalue weighted by molar-refractivity contribution is 4.82. The van der Waals surface area contributed by atoms with Crippen LogP contribution < -0.4 is 0 Å². The zero-order chi connectivity index (χ0) is 15.5. The van der Waals surface area contributed by atoms with Crippen LogP contribution in [0.4, 0.5) is 8.78 Å². The second-order valence-electron chi connectivity index (χ2n) is 7.04. The molecule has 0 aromatic rings. The molecule has 21 heavy (non-hydrogen) atoms. The molecule has 0 radical (unpaired) electrons. The Labute approximate surface area is 127 Å². The van der Waals surface area contributed by atoms with Crippen molar-refractivity contribution in [1.82, 2.24) is 0 Å². The van der Waals surface area contributed by atoms with Crippen molar-refractivity contribution in [2.75, 3.05) is 6.61 Å². The van der Waals surface area contributed by atoms with E-state index in [1.54, 1.807) is 0 Å². The molecule has 124 valence electrons. The maximum Gasteiger partial charge on any atom is 0.358 e. The van der Waals surface area contributed by atoms with Crippen LogP contribution in [-0.4, -0.2) is 24.9 Å². The molecule has 0 saturated heterocycles. The van der Waals surface area contributed by atoms with Crippen LogP contribution in [0.3, 0.4) is 0 Å². The van der Waals surface area contributed by atoms with Crippen LogP contribution in [0.15, 0.2) is 0 Å². The predicted molar refractivity (Wildman–Crippen MR) is 79.4 cm³/mol. The summed E-state index contributed by atoms with van der Waals surface area (Å²) < 4.78 is 39.6. The molecule has 0 heterocycles. The van der Waals surface area contributed by atoms with Crippen LogP contribution in [0.5, 0.6) is 0 Å². The molecule has 2 aliphatic carbocycles. The molecule has 0 amide bonds. The highest BCUT2D eigenvalue weighted by atomic mass is 19.3. The lowest BCUT2D eigenvalue weighted by atomic mass is 9.82. The van der Waals surface area contributed by atoms with Crippen LogP contribution >= 0.6 is 0 Å². The maximum absolute atomic E-state index is 14.3. The first kappa shape index (κ1) is 17.1. The Hall–Kier alpha value is -0.220. The fourth-order valence-electron chi connectivity index (χ4n) is 3.80. The zero-order valence-corrected chi connectivity index (χ0v) is 13.6. The molecule has 0 spiro atoms. The molecule has 3 unspecified atom stereocenters. The molecule has 4 heteroatoms. The van der Waals surface area contributed by atoms with Gasteiger partial charge in [0.1, 0.15) is 0 Å². The topological polar surface area (TPSA) is 18.5 Å². The molecule has 0 aromatic carbocycles. The molecule has 2 aliphatic rings. The summed E-state index contributed by atoms with van der Waals surface area (Å²) in [5.41, 5.74) is 0. The van der Waals surface area contributed by atoms with Gasteiger partial charge in [-0.1, -0.05) is 26.7 Å². The first-order chi connectivity index (χ1) is 9.92. The highest BCUT2D eigenvalue weighted by Crippen LogP contribution is 2.42. The summed E-state index contributed by atoms with van der Waals surface area (Å²) in [6.07, 6.45) is 2.13. The average Bonchev–Trinajstić information content (AvgIpc) is 2.42. The minimum atomic E-state index is -2.96. The Morgan fingerprint density at radius 1 is 1.00 bits per heavy atom. The molecule has 0 aromatic heterocycles. The Balaban J connectivity index is 1.83. The molecule has 0 bridgehead atoms. The van der Waals surface area contributed by atoms with Gasteiger partial charge in [-0.05, 0) is 50.9 Å². The van der Waals surface area contributed by atoms with Crippen LogP contribution in [0.1, 0.15) is 65.7 Å². The van der Waals surface area contributed by atoms with Crippen molar-refractivity contribution in [3.05, 3.63) is 0 Å². The van der Waals surface area contributed by atoms with Crippen LogP contribution in [-0.2, 0) is 9.47 Å². The summed E-state index contributed by atoms with van der Waals surface area (Å²) in [5, 5.41) is 0. The first-order valence-corrected chi connectivity index (χ1v) is 8.59. The maximum atomic E-state index is 14.3. The van der Waals surface area contributed by atoms with Gasteiger partial charge < -0.3 is 9.47 Å². The fourth-order valence-corrected chi connectivity index (χ4v) is 3.80. The van der Waals surface area contributed by atoms with Crippen molar-refractivity contribution in [2.24, 2.45) is 17.8 Å². The third kappa shape index (κ3) is 4.62. The van der Waals surface area contributed by atoms with Gasteiger partial charge in [-0.25, -0.2) is 0 Å². The molecule has 0 aliphatic heterocycles. The second kappa shape index (κ2) is 7.36. The fraction of sp³-hybridized carbons (Fsp3) is 1.00. The van der Waals surface area contributed by atoms with E-state index in [0.717, 1.165) is 19.3 Å². The molecule has 2 nitrogen and oxygen atoms in total. The molecular weight excluding hydrogens is 274 g/mol. The third-order valence-electron chi connectivity index (χ3n) is 5.24. The third-order valence-corrected chi connectivity index (χ3v) is 5.24. The largest absolute Gasteiger partial charge is 0.378 e. The second-order valence-corrected chi connectivity index (χ2v) is 7.04. The summed E-state index contributed by atoms with van der Waals surface area (Å²) >= 11 is 0. The number of halogens is 2. The van der Waals surface area contributed by atoms with Crippen LogP contribution in [0, 0.1) is 17.8 Å². The Kier molecular flexibility index (Phi) is 6.01. The summed E-state index contributed by atoms with van der Waals surface area (Å²) in [4.78, 5) is 0. The Morgan fingerprint density at radius 3 is 2.24 bits per heavy atom. The van der Waals surface area contributed by atoms with E-state index in [4.69, 9.17) is 9.47 Å². The minimum Gasteiger partial charge on any atom is -0.378 e. The lowest BCUT2D eigenvalue weighted by molar-refractivity contribution is -0.304. The van der Waals surface area contributed by atoms with Gasteiger partial charge in [0.25, 0.3) is 0 Å². The van der Waals surface area contributed by atoms with E-state index in [1.807, 2.05) is 6.92 Å². The summed E-state index contributed by atoms with van der Waals surface area (Å²) in [6, 6.07) is 0. The van der Waals surface area contributed by atoms with Crippen molar-refractivity contribution in [1.29, 1.82) is 0 Å². The predicted octanol–water partition coefficient (Wildman–Crippen LogP) is 5.02. The van der Waals surface area contributed by atoms with Crippen LogP contribution in [0.2, 0.25) is 0 Å². The van der Waals surface area contributed by atoms with Gasteiger partial charge in [0.15, 0.2) is 0 Å². The van der Waals surface area contributed by atoms with Crippen LogP contribution in [0.25, 0.3) is 0 Å². The van der Waals surface area contributed by atoms with Gasteiger partial charge in [0.2, 0.25) is 0 Å². The SMILES string of the molecule is CCOC1CCC(OC(F)(F)C2CCC(C)CC2)CC1C. The van der Waals surface area contributed by atoms with E-state index in [0.29, 0.717) is 44.1 Å². The molecule has 2 fully saturated rings. The van der Waals surface area contributed by atoms with Crippen molar-refractivity contribution in [3.63, 3.8) is 0 Å². The summed E-state index contributed by atoms with van der Waals surface area (Å²) in [7, 11) is 0. The average molecular weight is 304 g/mol. The number of hydrogen-bond acceptors (Lipinski definition) is 2. The van der Waals surface area contributed by atoms with Gasteiger partial charge in [0.05, 0.1) is 18.1 Å². The number of ether oxygens (including phenoxy) is 2. The van der Waals surface area contributed by atoms with E-state index in [9.17, 15) is 8.78 Å². The van der Waals surface area contributed by atoms with Gasteiger partial charge in [-0.3, -0.25) is 0 Å². The summed E-state index contributed by atoms with van der Waals surface area (Å²) in [6.45, 7) is 6.90. The van der Waals surface area contributed by atoms with E-state index < -0.39 is 12.0 Å². The first-order valence-electron chi connectivity index (χ1n) is 8.59. The number of rotatable bonds is 5. The molecule has 3 atom stereocenters. The standard InChI is InChI=1S/C17H30F2O2/c1-4-20-16-10-9-15(11-13(16)3)21-17(18,19)14-7-5-12(2)6-8-14/h12-16H,4-11H2,1-3H3. The van der Waals surface area contributed by atoms with E-state index in [2.05, 4.69) is 13.8 Å². The number of hydrogen-bond donors (Lipinski definition) is 0. The quantitative estimate of drug-likeness (QED) is 0.710. The van der Waals surface area contributed by atoms with Crippen molar-refractivity contribution in [3.8, 4) is 0 Å². The van der Waals surface area contributed by atoms with E-state index >= 15 is 0 Å².